The van der Waals surface area contributed by atoms with Gasteiger partial charge in [0.05, 0.1) is 16.9 Å². The van der Waals surface area contributed by atoms with Crippen molar-refractivity contribution in [2.75, 3.05) is 11.4 Å². The van der Waals surface area contributed by atoms with E-state index in [2.05, 4.69) is 4.99 Å². The first-order chi connectivity index (χ1) is 9.93. The Bertz CT molecular complexity index is 610. The van der Waals surface area contributed by atoms with Crippen molar-refractivity contribution in [1.82, 2.24) is 0 Å². The third kappa shape index (κ3) is 3.34. The number of carbonyl (C=O) groups excluding carboxylic acids is 1. The van der Waals surface area contributed by atoms with Gasteiger partial charge in [0, 0.05) is 19.0 Å². The monoisotopic (exact) mass is 307 g/mol. The molecular formula is C14H21N5O3. The molecule has 1 aromatic rings. The smallest absolute Gasteiger partial charge is 0.335 e. The fraction of sp³-hybridized carbons (Fsp3) is 0.357. The molecule has 1 unspecified atom stereocenters. The summed E-state index contributed by atoms with van der Waals surface area (Å²) in [4.78, 5) is 28.5. The first-order valence-corrected chi connectivity index (χ1v) is 6.43. The van der Waals surface area contributed by atoms with Crippen LogP contribution in [0.3, 0.4) is 0 Å². The Hall–Kier alpha value is -2.61. The maximum atomic E-state index is 12.0. The van der Waals surface area contributed by atoms with Crippen LogP contribution in [0.1, 0.15) is 30.6 Å². The van der Waals surface area contributed by atoms with Crippen molar-refractivity contribution in [2.24, 2.45) is 22.2 Å². The van der Waals surface area contributed by atoms with E-state index in [4.69, 9.17) is 22.3 Å². The van der Waals surface area contributed by atoms with E-state index in [1.165, 1.54) is 23.1 Å². The molecule has 1 aromatic carbocycles. The van der Waals surface area contributed by atoms with Gasteiger partial charge in [-0.3, -0.25) is 4.79 Å². The molecule has 1 aliphatic heterocycles. The van der Waals surface area contributed by atoms with Gasteiger partial charge in [0.15, 0.2) is 5.96 Å². The van der Waals surface area contributed by atoms with Gasteiger partial charge in [0.25, 0.3) is 0 Å². The predicted molar refractivity (Wildman–Crippen MR) is 85.2 cm³/mol. The maximum Gasteiger partial charge on any atom is 0.335 e. The minimum Gasteiger partial charge on any atom is -0.478 e. The van der Waals surface area contributed by atoms with Crippen LogP contribution in [0, 0.1) is 0 Å². The van der Waals surface area contributed by atoms with Gasteiger partial charge in [-0.25, -0.2) is 9.79 Å². The molecule has 0 bridgehead atoms. The average Bonchev–Trinajstić information content (AvgIpc) is 2.79. The molecule has 8 nitrogen and oxygen atoms in total. The minimum absolute atomic E-state index is 0. The highest BCUT2D eigenvalue weighted by atomic mass is 16.4. The fourth-order valence-corrected chi connectivity index (χ4v) is 2.39. The molecule has 1 fully saturated rings. The lowest BCUT2D eigenvalue weighted by Gasteiger charge is -2.25. The number of nitrogens with zero attached hydrogens (tertiary/aromatic N) is 2. The number of hydrogen-bond acceptors (Lipinski definition) is 4. The van der Waals surface area contributed by atoms with Crippen LogP contribution in [0.2, 0.25) is 0 Å². The Morgan fingerprint density at radius 1 is 1.41 bits per heavy atom. The van der Waals surface area contributed by atoms with Crippen molar-refractivity contribution in [3.05, 3.63) is 23.8 Å². The fourth-order valence-electron chi connectivity index (χ4n) is 2.39. The molecule has 7 N–H and O–H groups in total. The topological polar surface area (TPSA) is 148 Å². The Balaban J connectivity index is 0.00000242. The highest BCUT2D eigenvalue weighted by Crippen LogP contribution is 2.35. The van der Waals surface area contributed by atoms with Crippen molar-refractivity contribution >= 4 is 29.2 Å². The van der Waals surface area contributed by atoms with Gasteiger partial charge in [0.2, 0.25) is 5.91 Å². The normalized spacial score (nSPS) is 17.0. The van der Waals surface area contributed by atoms with Crippen LogP contribution in [0.5, 0.6) is 0 Å². The molecule has 1 aliphatic rings. The highest BCUT2D eigenvalue weighted by molar-refractivity contribution is 6.01. The van der Waals surface area contributed by atoms with Crippen LogP contribution in [0.25, 0.3) is 0 Å². The van der Waals surface area contributed by atoms with Crippen molar-refractivity contribution in [3.63, 3.8) is 0 Å². The van der Waals surface area contributed by atoms with E-state index in [0.717, 1.165) is 0 Å². The van der Waals surface area contributed by atoms with Crippen molar-refractivity contribution in [2.45, 2.75) is 26.3 Å². The largest absolute Gasteiger partial charge is 0.478 e. The highest BCUT2D eigenvalue weighted by Gasteiger charge is 2.32. The predicted octanol–water partition coefficient (Wildman–Crippen LogP) is 0.380. The van der Waals surface area contributed by atoms with E-state index in [-0.39, 0.29) is 36.6 Å². The van der Waals surface area contributed by atoms with Gasteiger partial charge in [-0.15, -0.1) is 0 Å². The summed E-state index contributed by atoms with van der Waals surface area (Å²) in [7, 11) is 0. The van der Waals surface area contributed by atoms with E-state index >= 15 is 0 Å². The van der Waals surface area contributed by atoms with E-state index in [1.807, 2.05) is 0 Å². The number of aromatic carboxylic acids is 1. The lowest BCUT2D eigenvalue weighted by Crippen LogP contribution is -2.38. The number of amides is 1. The Labute approximate surface area is 128 Å². The van der Waals surface area contributed by atoms with Crippen molar-refractivity contribution in [1.29, 1.82) is 0 Å². The zero-order valence-corrected chi connectivity index (χ0v) is 11.3. The van der Waals surface area contributed by atoms with Gasteiger partial charge in [-0.05, 0) is 24.6 Å². The van der Waals surface area contributed by atoms with Crippen molar-refractivity contribution in [3.8, 4) is 0 Å². The molecule has 2 rings (SSSR count). The summed E-state index contributed by atoms with van der Waals surface area (Å²) in [6, 6.07) is 4.12. The minimum atomic E-state index is -1.10. The second-order valence-corrected chi connectivity index (χ2v) is 4.74. The zero-order chi connectivity index (χ0) is 15.6. The number of aliphatic imine (C=N–C) groups is 1. The molecule has 0 aliphatic carbocycles. The van der Waals surface area contributed by atoms with Crippen LogP contribution in [-0.2, 0) is 4.79 Å². The second-order valence-electron chi connectivity index (χ2n) is 4.74. The molecule has 120 valence electrons. The van der Waals surface area contributed by atoms with Gasteiger partial charge in [0.1, 0.15) is 0 Å². The van der Waals surface area contributed by atoms with Crippen LogP contribution in [0.15, 0.2) is 23.2 Å². The standard InChI is InChI=1S/C13H17N5O3.CH4/c14-6-8-2-4-11(19)18(8)10-3-1-7(12(20)21)5-9(10)17-13(15)16;/h1,3,5,8H,2,4,6,14H2,(H,20,21)(H4,15,16,17);1H4. The molecule has 0 radical (unpaired) electrons. The number of anilines is 1. The summed E-state index contributed by atoms with van der Waals surface area (Å²) in [6.07, 6.45) is 1.04. The molecule has 1 saturated heterocycles. The van der Waals surface area contributed by atoms with Crippen LogP contribution in [-0.4, -0.2) is 35.5 Å². The summed E-state index contributed by atoms with van der Waals surface area (Å²) < 4.78 is 0. The van der Waals surface area contributed by atoms with Crippen LogP contribution in [0.4, 0.5) is 11.4 Å². The summed E-state index contributed by atoms with van der Waals surface area (Å²) in [5.41, 5.74) is 17.2. The molecular weight excluding hydrogens is 286 g/mol. The molecule has 0 aromatic heterocycles. The van der Waals surface area contributed by atoms with Gasteiger partial charge >= 0.3 is 5.97 Å². The quantitative estimate of drug-likeness (QED) is 0.467. The molecule has 0 saturated carbocycles. The maximum absolute atomic E-state index is 12.0. The number of guanidine groups is 1. The number of rotatable bonds is 4. The van der Waals surface area contributed by atoms with Crippen molar-refractivity contribution < 1.29 is 14.7 Å². The van der Waals surface area contributed by atoms with Gasteiger partial charge in [-0.2, -0.15) is 0 Å². The van der Waals surface area contributed by atoms with Crippen LogP contribution >= 0.6 is 0 Å². The molecule has 1 heterocycles. The van der Waals surface area contributed by atoms with Gasteiger partial charge in [-0.1, -0.05) is 7.43 Å². The Morgan fingerprint density at radius 3 is 2.64 bits per heavy atom. The Kier molecular flexibility index (Phi) is 5.47. The number of carbonyl (C=O) groups is 2. The third-order valence-electron chi connectivity index (χ3n) is 3.33. The number of benzene rings is 1. The first kappa shape index (κ1) is 17.4. The van der Waals surface area contributed by atoms with E-state index in [0.29, 0.717) is 25.1 Å². The Morgan fingerprint density at radius 2 is 2.09 bits per heavy atom. The zero-order valence-electron chi connectivity index (χ0n) is 11.3. The SMILES string of the molecule is C.NCC1CCC(=O)N1c1ccc(C(=O)O)cc1N=C(N)N. The number of carboxylic acids is 1. The van der Waals surface area contributed by atoms with Crippen LogP contribution < -0.4 is 22.1 Å². The van der Waals surface area contributed by atoms with Gasteiger partial charge < -0.3 is 27.2 Å². The molecule has 1 atom stereocenters. The van der Waals surface area contributed by atoms with E-state index in [1.54, 1.807) is 0 Å². The number of hydrogen-bond donors (Lipinski definition) is 4. The third-order valence-corrected chi connectivity index (χ3v) is 3.33. The second kappa shape index (κ2) is 6.90. The molecule has 22 heavy (non-hydrogen) atoms. The first-order valence-electron chi connectivity index (χ1n) is 6.43. The average molecular weight is 307 g/mol. The summed E-state index contributed by atoms with van der Waals surface area (Å²) in [5, 5.41) is 9.04. The molecule has 0 spiro atoms. The van der Waals surface area contributed by atoms with E-state index < -0.39 is 5.97 Å². The van der Waals surface area contributed by atoms with E-state index in [9.17, 15) is 9.59 Å². The summed E-state index contributed by atoms with van der Waals surface area (Å²) in [6.45, 7) is 0.313. The summed E-state index contributed by atoms with van der Waals surface area (Å²) >= 11 is 0. The molecule has 8 heteroatoms. The lowest BCUT2D eigenvalue weighted by molar-refractivity contribution is -0.117. The summed E-state index contributed by atoms with van der Waals surface area (Å²) in [5.74, 6) is -1.40. The molecule has 1 amide bonds. The number of nitrogens with two attached hydrogens (primary N) is 3. The number of carboxylic acid groups (broad SMARTS) is 1. The lowest BCUT2D eigenvalue weighted by atomic mass is 10.1.